The molecule has 0 atom stereocenters. The standard InChI is InChI=1S/C25H23N5OS/c1-19-22(12-15-31-19)24-27-28-25(30(24)17-21-10-6-3-7-11-21)32-18-23-26-13-14-29(23)16-20-8-4-2-5-9-20/h2-15H,16-18H2,1H3. The Morgan fingerprint density at radius 1 is 0.875 bits per heavy atom. The van der Waals surface area contributed by atoms with Gasteiger partial charge in [-0.2, -0.15) is 0 Å². The third kappa shape index (κ3) is 4.38. The molecule has 3 heterocycles. The fourth-order valence-electron chi connectivity index (χ4n) is 3.65. The first-order valence-electron chi connectivity index (χ1n) is 10.5. The summed E-state index contributed by atoms with van der Waals surface area (Å²) in [6, 6.07) is 22.7. The normalized spacial score (nSPS) is 11.2. The minimum atomic E-state index is 0.689. The molecule has 0 amide bonds. The molecule has 0 N–H and O–H groups in total. The first-order chi connectivity index (χ1) is 15.8. The Morgan fingerprint density at radius 2 is 1.59 bits per heavy atom. The molecular formula is C25H23N5OS. The minimum absolute atomic E-state index is 0.689. The minimum Gasteiger partial charge on any atom is -0.469 e. The molecule has 0 aliphatic rings. The van der Waals surface area contributed by atoms with Gasteiger partial charge in [-0.1, -0.05) is 72.4 Å². The van der Waals surface area contributed by atoms with Crippen LogP contribution < -0.4 is 0 Å². The summed E-state index contributed by atoms with van der Waals surface area (Å²) in [6.07, 6.45) is 5.57. The molecular weight excluding hydrogens is 418 g/mol. The lowest BCUT2D eigenvalue weighted by atomic mass is 10.2. The van der Waals surface area contributed by atoms with Crippen LogP contribution in [0.5, 0.6) is 0 Å². The monoisotopic (exact) mass is 441 g/mol. The number of aryl methyl sites for hydroxylation is 1. The highest BCUT2D eigenvalue weighted by atomic mass is 32.2. The molecule has 0 aliphatic carbocycles. The summed E-state index contributed by atoms with van der Waals surface area (Å²) >= 11 is 1.65. The van der Waals surface area contributed by atoms with Crippen molar-refractivity contribution in [1.29, 1.82) is 0 Å². The summed E-state index contributed by atoms with van der Waals surface area (Å²) in [5, 5.41) is 9.89. The van der Waals surface area contributed by atoms with Crippen LogP contribution in [0.4, 0.5) is 0 Å². The second-order valence-electron chi connectivity index (χ2n) is 7.51. The number of furan rings is 1. The fourth-order valence-corrected chi connectivity index (χ4v) is 4.56. The molecule has 0 saturated carbocycles. The Morgan fingerprint density at radius 3 is 2.28 bits per heavy atom. The first-order valence-corrected chi connectivity index (χ1v) is 11.4. The average molecular weight is 442 g/mol. The van der Waals surface area contributed by atoms with Gasteiger partial charge in [-0.25, -0.2) is 4.98 Å². The van der Waals surface area contributed by atoms with Gasteiger partial charge in [0.2, 0.25) is 0 Å². The number of hydrogen-bond donors (Lipinski definition) is 0. The van der Waals surface area contributed by atoms with Crippen molar-refractivity contribution < 1.29 is 4.42 Å². The van der Waals surface area contributed by atoms with Gasteiger partial charge in [-0.05, 0) is 24.1 Å². The van der Waals surface area contributed by atoms with Gasteiger partial charge in [0.15, 0.2) is 11.0 Å². The summed E-state index contributed by atoms with van der Waals surface area (Å²) in [7, 11) is 0. The van der Waals surface area contributed by atoms with Crippen molar-refractivity contribution in [2.24, 2.45) is 0 Å². The summed E-state index contributed by atoms with van der Waals surface area (Å²) in [5.41, 5.74) is 3.41. The van der Waals surface area contributed by atoms with Crippen molar-refractivity contribution in [2.75, 3.05) is 0 Å². The van der Waals surface area contributed by atoms with Crippen LogP contribution in [0.2, 0.25) is 0 Å². The van der Waals surface area contributed by atoms with E-state index in [0.717, 1.165) is 34.7 Å². The highest BCUT2D eigenvalue weighted by Crippen LogP contribution is 2.29. The van der Waals surface area contributed by atoms with E-state index in [-0.39, 0.29) is 0 Å². The van der Waals surface area contributed by atoms with Crippen LogP contribution in [0.25, 0.3) is 11.4 Å². The molecule has 0 bridgehead atoms. The molecule has 32 heavy (non-hydrogen) atoms. The molecule has 0 saturated heterocycles. The topological polar surface area (TPSA) is 61.7 Å². The lowest BCUT2D eigenvalue weighted by Gasteiger charge is -2.11. The van der Waals surface area contributed by atoms with Crippen molar-refractivity contribution in [3.63, 3.8) is 0 Å². The van der Waals surface area contributed by atoms with Crippen LogP contribution in [-0.2, 0) is 18.8 Å². The number of thioether (sulfide) groups is 1. The van der Waals surface area contributed by atoms with Crippen molar-refractivity contribution in [3.8, 4) is 11.4 Å². The predicted molar refractivity (Wildman–Crippen MR) is 125 cm³/mol. The number of imidazole rings is 1. The van der Waals surface area contributed by atoms with E-state index in [1.165, 1.54) is 11.1 Å². The maximum absolute atomic E-state index is 5.52. The Balaban J connectivity index is 1.40. The van der Waals surface area contributed by atoms with Crippen molar-refractivity contribution in [3.05, 3.63) is 108 Å². The van der Waals surface area contributed by atoms with E-state index in [1.54, 1.807) is 18.0 Å². The molecule has 6 nitrogen and oxygen atoms in total. The van der Waals surface area contributed by atoms with Crippen LogP contribution in [-0.4, -0.2) is 24.3 Å². The molecule has 5 rings (SSSR count). The highest BCUT2D eigenvalue weighted by molar-refractivity contribution is 7.98. The number of hydrogen-bond acceptors (Lipinski definition) is 5. The lowest BCUT2D eigenvalue weighted by molar-refractivity contribution is 0.534. The van der Waals surface area contributed by atoms with Crippen LogP contribution in [0, 0.1) is 6.92 Å². The van der Waals surface area contributed by atoms with Gasteiger partial charge in [0, 0.05) is 18.9 Å². The third-order valence-corrected chi connectivity index (χ3v) is 6.29. The van der Waals surface area contributed by atoms with E-state index < -0.39 is 0 Å². The first kappa shape index (κ1) is 20.3. The van der Waals surface area contributed by atoms with E-state index in [2.05, 4.69) is 72.8 Å². The molecule has 5 aromatic rings. The molecule has 0 fully saturated rings. The summed E-state index contributed by atoms with van der Waals surface area (Å²) in [5.74, 6) is 3.36. The number of rotatable bonds is 8. The maximum atomic E-state index is 5.52. The summed E-state index contributed by atoms with van der Waals surface area (Å²) in [4.78, 5) is 4.58. The van der Waals surface area contributed by atoms with Crippen LogP contribution in [0.15, 0.2) is 95.0 Å². The fraction of sp³-hybridized carbons (Fsp3) is 0.160. The molecule has 2 aromatic carbocycles. The zero-order valence-corrected chi connectivity index (χ0v) is 18.6. The van der Waals surface area contributed by atoms with Gasteiger partial charge >= 0.3 is 0 Å². The Bertz CT molecular complexity index is 1290. The van der Waals surface area contributed by atoms with Crippen molar-refractivity contribution >= 4 is 11.8 Å². The zero-order valence-electron chi connectivity index (χ0n) is 17.8. The molecule has 0 spiro atoms. The molecule has 0 radical (unpaired) electrons. The number of nitrogens with zero attached hydrogens (tertiary/aromatic N) is 5. The Hall–Kier alpha value is -3.58. The van der Waals surface area contributed by atoms with E-state index in [0.29, 0.717) is 12.3 Å². The second-order valence-corrected chi connectivity index (χ2v) is 8.46. The Kier molecular flexibility index (Phi) is 5.89. The van der Waals surface area contributed by atoms with Gasteiger partial charge in [-0.3, -0.25) is 4.57 Å². The molecule has 3 aromatic heterocycles. The van der Waals surface area contributed by atoms with Crippen molar-refractivity contribution in [1.82, 2.24) is 24.3 Å². The smallest absolute Gasteiger partial charge is 0.192 e. The largest absolute Gasteiger partial charge is 0.469 e. The third-order valence-electron chi connectivity index (χ3n) is 5.33. The summed E-state index contributed by atoms with van der Waals surface area (Å²) in [6.45, 7) is 3.44. The maximum Gasteiger partial charge on any atom is 0.192 e. The quantitative estimate of drug-likeness (QED) is 0.300. The Labute approximate surface area is 191 Å². The highest BCUT2D eigenvalue weighted by Gasteiger charge is 2.18. The van der Waals surface area contributed by atoms with E-state index in [1.807, 2.05) is 37.5 Å². The van der Waals surface area contributed by atoms with E-state index in [4.69, 9.17) is 4.42 Å². The molecule has 7 heteroatoms. The molecule has 0 unspecified atom stereocenters. The van der Waals surface area contributed by atoms with Gasteiger partial charge < -0.3 is 8.98 Å². The van der Waals surface area contributed by atoms with Crippen LogP contribution in [0.3, 0.4) is 0 Å². The van der Waals surface area contributed by atoms with Gasteiger partial charge in [0.1, 0.15) is 11.6 Å². The van der Waals surface area contributed by atoms with E-state index >= 15 is 0 Å². The second kappa shape index (κ2) is 9.28. The number of benzene rings is 2. The van der Waals surface area contributed by atoms with Crippen molar-refractivity contribution in [2.45, 2.75) is 30.9 Å². The van der Waals surface area contributed by atoms with Crippen LogP contribution in [0.1, 0.15) is 22.7 Å². The number of aromatic nitrogens is 5. The van der Waals surface area contributed by atoms with E-state index in [9.17, 15) is 0 Å². The molecule has 160 valence electrons. The average Bonchev–Trinajstić information content (AvgIpc) is 3.54. The van der Waals surface area contributed by atoms with Gasteiger partial charge in [0.25, 0.3) is 0 Å². The SMILES string of the molecule is Cc1occc1-c1nnc(SCc2nccn2Cc2ccccc2)n1Cc1ccccc1. The van der Waals surface area contributed by atoms with Crippen LogP contribution >= 0.6 is 11.8 Å². The lowest BCUT2D eigenvalue weighted by Crippen LogP contribution is -2.06. The zero-order chi connectivity index (χ0) is 21.8. The summed E-state index contributed by atoms with van der Waals surface area (Å²) < 4.78 is 9.86. The predicted octanol–water partition coefficient (Wildman–Crippen LogP) is 5.43. The molecule has 0 aliphatic heterocycles. The van der Waals surface area contributed by atoms with Gasteiger partial charge in [0.05, 0.1) is 24.1 Å². The van der Waals surface area contributed by atoms with Gasteiger partial charge in [-0.15, -0.1) is 10.2 Å².